The Hall–Kier alpha value is -2.30. The van der Waals surface area contributed by atoms with Gasteiger partial charge in [-0.25, -0.2) is 0 Å². The molecule has 0 spiro atoms. The minimum atomic E-state index is -0.230. The molecule has 0 saturated heterocycles. The zero-order valence-corrected chi connectivity index (χ0v) is 13.4. The third-order valence-electron chi connectivity index (χ3n) is 3.24. The molecule has 0 fully saturated rings. The summed E-state index contributed by atoms with van der Waals surface area (Å²) in [7, 11) is 0. The van der Waals surface area contributed by atoms with E-state index >= 15 is 0 Å². The highest BCUT2D eigenvalue weighted by atomic mass is 35.5. The molecule has 1 N–H and O–H groups in total. The fourth-order valence-electron chi connectivity index (χ4n) is 2.08. The van der Waals surface area contributed by atoms with Crippen LogP contribution < -0.4 is 5.32 Å². The van der Waals surface area contributed by atoms with Crippen molar-refractivity contribution in [1.82, 2.24) is 10.3 Å². The highest BCUT2D eigenvalue weighted by Crippen LogP contribution is 2.23. The van der Waals surface area contributed by atoms with Gasteiger partial charge in [-0.2, -0.15) is 0 Å². The number of carbonyl (C=O) groups is 1. The first-order chi connectivity index (χ1) is 11.1. The molecule has 4 nitrogen and oxygen atoms in total. The number of pyridine rings is 1. The van der Waals surface area contributed by atoms with Crippen LogP contribution in [0.3, 0.4) is 0 Å². The third-order valence-corrected chi connectivity index (χ3v) is 3.97. The van der Waals surface area contributed by atoms with Crippen molar-refractivity contribution in [2.24, 2.45) is 0 Å². The molecule has 3 aromatic rings. The molecule has 116 valence electrons. The molecule has 0 aliphatic rings. The van der Waals surface area contributed by atoms with Crippen LogP contribution in [0.2, 0.25) is 10.0 Å². The number of amides is 1. The summed E-state index contributed by atoms with van der Waals surface area (Å²) in [5.74, 6) is 0.502. The Morgan fingerprint density at radius 3 is 2.74 bits per heavy atom. The lowest BCUT2D eigenvalue weighted by Gasteiger charge is -2.07. The second-order valence-corrected chi connectivity index (χ2v) is 5.69. The summed E-state index contributed by atoms with van der Waals surface area (Å²) in [6.07, 6.45) is 5.01. The Bertz CT molecular complexity index is 832. The van der Waals surface area contributed by atoms with Gasteiger partial charge in [-0.3, -0.25) is 9.78 Å². The molecule has 1 aromatic carbocycles. The van der Waals surface area contributed by atoms with Gasteiger partial charge < -0.3 is 9.73 Å². The number of rotatable bonds is 4. The monoisotopic (exact) mass is 346 g/mol. The Kier molecular flexibility index (Phi) is 4.65. The molecule has 3 rings (SSSR count). The van der Waals surface area contributed by atoms with E-state index in [9.17, 15) is 4.79 Å². The zero-order chi connectivity index (χ0) is 16.2. The van der Waals surface area contributed by atoms with Gasteiger partial charge in [0.05, 0.1) is 16.3 Å². The smallest absolute Gasteiger partial charge is 0.251 e. The topological polar surface area (TPSA) is 55.1 Å². The Morgan fingerprint density at radius 1 is 1.13 bits per heavy atom. The van der Waals surface area contributed by atoms with Crippen LogP contribution in [-0.2, 0) is 6.54 Å². The van der Waals surface area contributed by atoms with Gasteiger partial charge in [0.1, 0.15) is 5.76 Å². The van der Waals surface area contributed by atoms with Crippen molar-refractivity contribution in [1.29, 1.82) is 0 Å². The number of hydrogen-bond acceptors (Lipinski definition) is 3. The number of benzene rings is 1. The van der Waals surface area contributed by atoms with Crippen LogP contribution in [0.4, 0.5) is 0 Å². The molecule has 0 bridgehead atoms. The average molecular weight is 347 g/mol. The van der Waals surface area contributed by atoms with E-state index in [4.69, 9.17) is 27.6 Å². The van der Waals surface area contributed by atoms with Gasteiger partial charge in [-0.1, -0.05) is 23.2 Å². The molecule has 2 aromatic heterocycles. The quantitative estimate of drug-likeness (QED) is 0.752. The van der Waals surface area contributed by atoms with Crippen molar-refractivity contribution in [3.8, 4) is 11.3 Å². The largest absolute Gasteiger partial charge is 0.464 e. The zero-order valence-electron chi connectivity index (χ0n) is 11.9. The summed E-state index contributed by atoms with van der Waals surface area (Å²) in [5.41, 5.74) is 2.18. The van der Waals surface area contributed by atoms with Gasteiger partial charge in [-0.15, -0.1) is 0 Å². The van der Waals surface area contributed by atoms with Gasteiger partial charge in [0.25, 0.3) is 5.91 Å². The van der Waals surface area contributed by atoms with Crippen molar-refractivity contribution in [3.63, 3.8) is 0 Å². The van der Waals surface area contributed by atoms with Gasteiger partial charge in [0, 0.05) is 30.1 Å². The SMILES string of the molecule is O=C(NCc1cncc(-c2ccco2)c1)c1ccc(Cl)c(Cl)c1. The summed E-state index contributed by atoms with van der Waals surface area (Å²) in [5, 5.41) is 3.59. The second kappa shape index (κ2) is 6.86. The van der Waals surface area contributed by atoms with E-state index in [-0.39, 0.29) is 5.91 Å². The van der Waals surface area contributed by atoms with Crippen molar-refractivity contribution in [3.05, 3.63) is 76.2 Å². The molecular weight excluding hydrogens is 335 g/mol. The second-order valence-electron chi connectivity index (χ2n) is 4.87. The van der Waals surface area contributed by atoms with Crippen LogP contribution in [0, 0.1) is 0 Å². The normalized spacial score (nSPS) is 10.5. The van der Waals surface area contributed by atoms with E-state index in [1.54, 1.807) is 30.8 Å². The number of furan rings is 1. The molecule has 0 atom stereocenters. The molecular formula is C17H12Cl2N2O2. The van der Waals surface area contributed by atoms with E-state index in [1.807, 2.05) is 18.2 Å². The molecule has 0 radical (unpaired) electrons. The number of carbonyl (C=O) groups excluding carboxylic acids is 1. The standard InChI is InChI=1S/C17H12Cl2N2O2/c18-14-4-3-12(7-15(14)19)17(22)21-9-11-6-13(10-20-8-11)16-2-1-5-23-16/h1-8,10H,9H2,(H,21,22). The molecule has 23 heavy (non-hydrogen) atoms. The number of nitrogens with one attached hydrogen (secondary N) is 1. The van der Waals surface area contributed by atoms with E-state index < -0.39 is 0 Å². The summed E-state index contributed by atoms with van der Waals surface area (Å²) < 4.78 is 5.34. The number of nitrogens with zero attached hydrogens (tertiary/aromatic N) is 1. The third kappa shape index (κ3) is 3.73. The van der Waals surface area contributed by atoms with Gasteiger partial charge in [-0.05, 0) is 42.0 Å². The lowest BCUT2D eigenvalue weighted by atomic mass is 10.1. The molecule has 0 aliphatic heterocycles. The summed E-state index contributed by atoms with van der Waals surface area (Å²) in [6.45, 7) is 0.348. The molecule has 0 unspecified atom stereocenters. The van der Waals surface area contributed by atoms with Crippen LogP contribution >= 0.6 is 23.2 Å². The van der Waals surface area contributed by atoms with Gasteiger partial charge >= 0.3 is 0 Å². The molecule has 0 saturated carbocycles. The predicted octanol–water partition coefficient (Wildman–Crippen LogP) is 4.58. The number of aromatic nitrogens is 1. The minimum Gasteiger partial charge on any atom is -0.464 e. The van der Waals surface area contributed by atoms with Crippen LogP contribution in [0.1, 0.15) is 15.9 Å². The fraction of sp³-hybridized carbons (Fsp3) is 0.0588. The van der Waals surface area contributed by atoms with Crippen molar-refractivity contribution < 1.29 is 9.21 Å². The Morgan fingerprint density at radius 2 is 2.00 bits per heavy atom. The summed E-state index contributed by atoms with van der Waals surface area (Å²) in [6, 6.07) is 10.3. The first kappa shape index (κ1) is 15.6. The summed E-state index contributed by atoms with van der Waals surface area (Å²) >= 11 is 11.8. The van der Waals surface area contributed by atoms with E-state index in [2.05, 4.69) is 10.3 Å². The van der Waals surface area contributed by atoms with Crippen LogP contribution in [0.5, 0.6) is 0 Å². The fourth-order valence-corrected chi connectivity index (χ4v) is 2.38. The maximum Gasteiger partial charge on any atom is 0.251 e. The Balaban J connectivity index is 1.69. The highest BCUT2D eigenvalue weighted by Gasteiger charge is 2.09. The number of halogens is 2. The van der Waals surface area contributed by atoms with Crippen molar-refractivity contribution >= 4 is 29.1 Å². The van der Waals surface area contributed by atoms with Crippen molar-refractivity contribution in [2.75, 3.05) is 0 Å². The van der Waals surface area contributed by atoms with Gasteiger partial charge in [0.2, 0.25) is 0 Å². The van der Waals surface area contributed by atoms with Crippen LogP contribution in [-0.4, -0.2) is 10.9 Å². The van der Waals surface area contributed by atoms with Crippen LogP contribution in [0.15, 0.2) is 59.5 Å². The highest BCUT2D eigenvalue weighted by molar-refractivity contribution is 6.42. The summed E-state index contributed by atoms with van der Waals surface area (Å²) in [4.78, 5) is 16.3. The number of hydrogen-bond donors (Lipinski definition) is 1. The van der Waals surface area contributed by atoms with Gasteiger partial charge in [0.15, 0.2) is 0 Å². The maximum absolute atomic E-state index is 12.1. The van der Waals surface area contributed by atoms with Crippen molar-refractivity contribution in [2.45, 2.75) is 6.54 Å². The molecule has 0 aliphatic carbocycles. The lowest BCUT2D eigenvalue weighted by molar-refractivity contribution is 0.0951. The minimum absolute atomic E-state index is 0.230. The average Bonchev–Trinajstić information content (AvgIpc) is 3.10. The molecule has 2 heterocycles. The molecule has 6 heteroatoms. The lowest BCUT2D eigenvalue weighted by Crippen LogP contribution is -2.22. The van der Waals surface area contributed by atoms with E-state index in [0.29, 0.717) is 22.2 Å². The Labute approximate surface area is 143 Å². The van der Waals surface area contributed by atoms with Crippen LogP contribution in [0.25, 0.3) is 11.3 Å². The molecule has 1 amide bonds. The first-order valence-electron chi connectivity index (χ1n) is 6.84. The van der Waals surface area contributed by atoms with E-state index in [0.717, 1.165) is 16.9 Å². The first-order valence-corrected chi connectivity index (χ1v) is 7.60. The maximum atomic E-state index is 12.1. The predicted molar refractivity (Wildman–Crippen MR) is 89.6 cm³/mol. The van der Waals surface area contributed by atoms with E-state index in [1.165, 1.54) is 6.07 Å².